The van der Waals surface area contributed by atoms with Crippen molar-refractivity contribution < 1.29 is 19.8 Å². The molecule has 0 atom stereocenters. The summed E-state index contributed by atoms with van der Waals surface area (Å²) in [5.74, 6) is -1.48. The average molecular weight is 413 g/mol. The minimum absolute atomic E-state index is 0.0487. The first-order chi connectivity index (χ1) is 13.3. The predicted octanol–water partition coefficient (Wildman–Crippen LogP) is 4.52. The lowest BCUT2D eigenvalue weighted by Crippen LogP contribution is -2.10. The standard InChI is InChI=1S/C20H13ClN2O4S/c21-14-7-12(24)5-6-13(14)15-8-17-16(9-18(28-17)20(26)27)23(15)11-3-1-10(2-4-11)19(22)25/h1-9,24H,(H2,22,25)(H,26,27). The van der Waals surface area contributed by atoms with Crippen LogP contribution in [0.4, 0.5) is 0 Å². The van der Waals surface area contributed by atoms with E-state index in [0.29, 0.717) is 27.4 Å². The number of amides is 1. The summed E-state index contributed by atoms with van der Waals surface area (Å²) in [5, 5.41) is 19.3. The number of hydrogen-bond acceptors (Lipinski definition) is 4. The third-order valence-corrected chi connectivity index (χ3v) is 5.71. The maximum absolute atomic E-state index is 11.4. The third-order valence-electron chi connectivity index (χ3n) is 4.34. The Morgan fingerprint density at radius 1 is 1.04 bits per heavy atom. The average Bonchev–Trinajstić information content (AvgIpc) is 3.19. The number of halogens is 1. The Kier molecular flexibility index (Phi) is 4.33. The van der Waals surface area contributed by atoms with Gasteiger partial charge in [0.1, 0.15) is 10.6 Å². The number of nitrogens with zero attached hydrogens (tertiary/aromatic N) is 1. The van der Waals surface area contributed by atoms with Crippen molar-refractivity contribution in [2.45, 2.75) is 0 Å². The molecule has 1 amide bonds. The second-order valence-corrected chi connectivity index (χ2v) is 7.60. The number of carbonyl (C=O) groups excluding carboxylic acids is 1. The van der Waals surface area contributed by atoms with Crippen molar-refractivity contribution in [3.05, 3.63) is 70.1 Å². The number of hydrogen-bond donors (Lipinski definition) is 3. The maximum atomic E-state index is 11.4. The van der Waals surface area contributed by atoms with Crippen LogP contribution in [0.5, 0.6) is 5.75 Å². The number of primary amides is 1. The van der Waals surface area contributed by atoms with Crippen LogP contribution < -0.4 is 5.73 Å². The number of aromatic hydroxyl groups is 1. The Balaban J connectivity index is 1.99. The molecule has 0 aliphatic heterocycles. The van der Waals surface area contributed by atoms with Gasteiger partial charge in [0.15, 0.2) is 0 Å². The summed E-state index contributed by atoms with van der Waals surface area (Å²) < 4.78 is 2.64. The lowest BCUT2D eigenvalue weighted by Gasteiger charge is -2.12. The Hall–Kier alpha value is -3.29. The van der Waals surface area contributed by atoms with Crippen molar-refractivity contribution in [1.82, 2.24) is 4.57 Å². The van der Waals surface area contributed by atoms with Gasteiger partial charge in [0.2, 0.25) is 5.91 Å². The van der Waals surface area contributed by atoms with Gasteiger partial charge in [0, 0.05) is 16.8 Å². The van der Waals surface area contributed by atoms with E-state index in [1.165, 1.54) is 12.1 Å². The maximum Gasteiger partial charge on any atom is 0.345 e. The number of thiophene rings is 1. The molecule has 0 spiro atoms. The highest BCUT2D eigenvalue weighted by Gasteiger charge is 2.19. The van der Waals surface area contributed by atoms with E-state index in [1.807, 2.05) is 10.6 Å². The second kappa shape index (κ2) is 6.70. The molecule has 8 heteroatoms. The van der Waals surface area contributed by atoms with Gasteiger partial charge in [-0.15, -0.1) is 11.3 Å². The summed E-state index contributed by atoms with van der Waals surface area (Å²) in [6.45, 7) is 0. The van der Waals surface area contributed by atoms with Gasteiger partial charge in [0.05, 0.1) is 20.9 Å². The molecule has 0 saturated heterocycles. The van der Waals surface area contributed by atoms with E-state index < -0.39 is 11.9 Å². The highest BCUT2D eigenvalue weighted by Crippen LogP contribution is 2.39. The number of aromatic carboxylic acids is 1. The largest absolute Gasteiger partial charge is 0.508 e. The van der Waals surface area contributed by atoms with Crippen LogP contribution in [-0.4, -0.2) is 26.7 Å². The molecule has 6 nitrogen and oxygen atoms in total. The molecule has 0 unspecified atom stereocenters. The Morgan fingerprint density at radius 3 is 2.36 bits per heavy atom. The van der Waals surface area contributed by atoms with Gasteiger partial charge < -0.3 is 20.5 Å². The number of rotatable bonds is 4. The number of benzene rings is 2. The zero-order valence-electron chi connectivity index (χ0n) is 14.2. The van der Waals surface area contributed by atoms with Gasteiger partial charge in [-0.25, -0.2) is 4.79 Å². The Morgan fingerprint density at radius 2 is 1.75 bits per heavy atom. The van der Waals surface area contributed by atoms with Crippen LogP contribution in [-0.2, 0) is 0 Å². The van der Waals surface area contributed by atoms with E-state index in [0.717, 1.165) is 21.7 Å². The van der Waals surface area contributed by atoms with Crippen molar-refractivity contribution in [1.29, 1.82) is 0 Å². The monoisotopic (exact) mass is 412 g/mol. The lowest BCUT2D eigenvalue weighted by atomic mass is 10.1. The molecule has 4 N–H and O–H groups in total. The molecule has 4 rings (SSSR count). The molecule has 2 aromatic heterocycles. The molecule has 4 aromatic rings. The number of aromatic nitrogens is 1. The molecule has 140 valence electrons. The van der Waals surface area contributed by atoms with Crippen molar-refractivity contribution in [2.75, 3.05) is 0 Å². The zero-order valence-corrected chi connectivity index (χ0v) is 15.8. The minimum atomic E-state index is -0.999. The highest BCUT2D eigenvalue weighted by molar-refractivity contribution is 7.20. The molecule has 2 heterocycles. The first kappa shape index (κ1) is 18.1. The molecule has 0 bridgehead atoms. The molecule has 0 fully saturated rings. The van der Waals surface area contributed by atoms with Crippen LogP contribution in [0.1, 0.15) is 20.0 Å². The summed E-state index contributed by atoms with van der Waals surface area (Å²) in [6.07, 6.45) is 0. The third kappa shape index (κ3) is 3.00. The van der Waals surface area contributed by atoms with Crippen LogP contribution in [0.2, 0.25) is 5.02 Å². The van der Waals surface area contributed by atoms with Gasteiger partial charge in [-0.2, -0.15) is 0 Å². The number of carboxylic acids is 1. The van der Waals surface area contributed by atoms with Crippen LogP contribution in [0, 0.1) is 0 Å². The summed E-state index contributed by atoms with van der Waals surface area (Å²) in [6, 6.07) is 14.8. The van der Waals surface area contributed by atoms with E-state index in [9.17, 15) is 19.8 Å². The van der Waals surface area contributed by atoms with E-state index in [2.05, 4.69) is 0 Å². The van der Waals surface area contributed by atoms with E-state index >= 15 is 0 Å². The highest BCUT2D eigenvalue weighted by atomic mass is 35.5. The first-order valence-corrected chi connectivity index (χ1v) is 9.32. The number of phenolic OH excluding ortho intramolecular Hbond substituents is 1. The fourth-order valence-corrected chi connectivity index (χ4v) is 4.25. The van der Waals surface area contributed by atoms with Gasteiger partial charge in [-0.1, -0.05) is 11.6 Å². The normalized spacial score (nSPS) is 11.0. The van der Waals surface area contributed by atoms with Gasteiger partial charge in [0.25, 0.3) is 0 Å². The summed E-state index contributed by atoms with van der Waals surface area (Å²) in [4.78, 5) is 23.0. The fourth-order valence-electron chi connectivity index (χ4n) is 3.06. The van der Waals surface area contributed by atoms with Crippen LogP contribution in [0.25, 0.3) is 27.2 Å². The van der Waals surface area contributed by atoms with Crippen molar-refractivity contribution in [3.63, 3.8) is 0 Å². The number of carbonyl (C=O) groups is 2. The quantitative estimate of drug-likeness (QED) is 0.458. The summed E-state index contributed by atoms with van der Waals surface area (Å²) >= 11 is 7.50. The van der Waals surface area contributed by atoms with Crippen molar-refractivity contribution in [3.8, 4) is 22.7 Å². The van der Waals surface area contributed by atoms with Crippen LogP contribution in [0.3, 0.4) is 0 Å². The second-order valence-electron chi connectivity index (χ2n) is 6.11. The number of phenols is 1. The van der Waals surface area contributed by atoms with Gasteiger partial charge in [-0.05, 0) is 54.6 Å². The molecule has 28 heavy (non-hydrogen) atoms. The summed E-state index contributed by atoms with van der Waals surface area (Å²) in [5.41, 5.74) is 8.51. The molecular formula is C20H13ClN2O4S. The molecule has 0 radical (unpaired) electrons. The lowest BCUT2D eigenvalue weighted by molar-refractivity contribution is 0.0702. The van der Waals surface area contributed by atoms with Gasteiger partial charge in [-0.3, -0.25) is 4.79 Å². The Labute approximate surface area is 168 Å². The van der Waals surface area contributed by atoms with Gasteiger partial charge >= 0.3 is 5.97 Å². The van der Waals surface area contributed by atoms with E-state index in [-0.39, 0.29) is 10.6 Å². The number of fused-ring (bicyclic) bond motifs is 1. The van der Waals surface area contributed by atoms with Crippen molar-refractivity contribution in [2.24, 2.45) is 5.73 Å². The topological polar surface area (TPSA) is 106 Å². The number of carboxylic acid groups (broad SMARTS) is 1. The SMILES string of the molecule is NC(=O)c1ccc(-n2c(-c3ccc(O)cc3Cl)cc3sc(C(=O)O)cc32)cc1. The van der Waals surface area contributed by atoms with Crippen molar-refractivity contribution >= 4 is 45.0 Å². The fraction of sp³-hybridized carbons (Fsp3) is 0. The zero-order chi connectivity index (χ0) is 20.0. The number of nitrogens with two attached hydrogens (primary N) is 1. The molecular weight excluding hydrogens is 400 g/mol. The summed E-state index contributed by atoms with van der Waals surface area (Å²) in [7, 11) is 0. The molecule has 0 aliphatic carbocycles. The first-order valence-electron chi connectivity index (χ1n) is 8.13. The molecule has 2 aromatic carbocycles. The predicted molar refractivity (Wildman–Crippen MR) is 109 cm³/mol. The van der Waals surface area contributed by atoms with Crippen LogP contribution >= 0.6 is 22.9 Å². The smallest absolute Gasteiger partial charge is 0.345 e. The molecule has 0 aliphatic rings. The Bertz CT molecular complexity index is 1240. The van der Waals surface area contributed by atoms with E-state index in [4.69, 9.17) is 17.3 Å². The minimum Gasteiger partial charge on any atom is -0.508 e. The molecule has 0 saturated carbocycles. The van der Waals surface area contributed by atoms with E-state index in [1.54, 1.807) is 36.4 Å². The van der Waals surface area contributed by atoms with Crippen LogP contribution in [0.15, 0.2) is 54.6 Å².